The van der Waals surface area contributed by atoms with Gasteiger partial charge in [-0.2, -0.15) is 0 Å². The Morgan fingerprint density at radius 2 is 1.90 bits per heavy atom. The second-order valence-corrected chi connectivity index (χ2v) is 8.93. The number of nitrogens with zero attached hydrogens (tertiary/aromatic N) is 1. The maximum Gasteiger partial charge on any atom is 0.310 e. The van der Waals surface area contributed by atoms with E-state index in [0.717, 1.165) is 12.8 Å². The molecule has 0 radical (unpaired) electrons. The molecule has 0 amide bonds. The molecule has 2 rings (SSSR count). The fourth-order valence-corrected chi connectivity index (χ4v) is 5.04. The highest BCUT2D eigenvalue weighted by Crippen LogP contribution is 2.40. The number of hydrogen-bond donors (Lipinski definition) is 1. The minimum Gasteiger partial charge on any atom is -0.481 e. The van der Waals surface area contributed by atoms with Crippen molar-refractivity contribution in [2.45, 2.75) is 45.6 Å². The molecule has 1 N–H and O–H groups in total. The van der Waals surface area contributed by atoms with Gasteiger partial charge in [-0.05, 0) is 38.5 Å². The Bertz CT molecular complexity index is 466. The van der Waals surface area contributed by atoms with Gasteiger partial charge in [-0.25, -0.2) is 8.42 Å². The van der Waals surface area contributed by atoms with Crippen LogP contribution in [0.15, 0.2) is 0 Å². The fraction of sp³-hybridized carbons (Fsp3) is 0.929. The van der Waals surface area contributed by atoms with Gasteiger partial charge in [0.1, 0.15) is 0 Å². The number of carbonyl (C=O) groups is 1. The molecule has 0 spiro atoms. The van der Waals surface area contributed by atoms with Gasteiger partial charge in [0.2, 0.25) is 0 Å². The van der Waals surface area contributed by atoms with Crippen LogP contribution in [-0.4, -0.2) is 55.0 Å². The Hall–Kier alpha value is -0.620. The van der Waals surface area contributed by atoms with Crippen molar-refractivity contribution in [2.75, 3.05) is 24.6 Å². The molecule has 1 aliphatic heterocycles. The third-order valence-electron chi connectivity index (χ3n) is 5.00. The number of sulfone groups is 1. The molecule has 2 aliphatic rings. The summed E-state index contributed by atoms with van der Waals surface area (Å²) in [6.07, 6.45) is 3.32. The Labute approximate surface area is 121 Å². The molecular weight excluding hydrogens is 278 g/mol. The van der Waals surface area contributed by atoms with Crippen LogP contribution in [0.1, 0.15) is 39.5 Å². The molecule has 20 heavy (non-hydrogen) atoms. The van der Waals surface area contributed by atoms with Crippen LogP contribution in [0.25, 0.3) is 0 Å². The van der Waals surface area contributed by atoms with E-state index >= 15 is 0 Å². The van der Waals surface area contributed by atoms with E-state index in [1.807, 2.05) is 6.92 Å². The number of carboxylic acid groups (broad SMARTS) is 1. The van der Waals surface area contributed by atoms with Gasteiger partial charge >= 0.3 is 5.97 Å². The van der Waals surface area contributed by atoms with Crippen molar-refractivity contribution in [1.29, 1.82) is 0 Å². The first-order chi connectivity index (χ1) is 9.24. The van der Waals surface area contributed by atoms with Crippen LogP contribution in [0.4, 0.5) is 0 Å². The molecule has 0 aromatic rings. The van der Waals surface area contributed by atoms with Gasteiger partial charge in [0.05, 0.1) is 16.9 Å². The van der Waals surface area contributed by atoms with Crippen molar-refractivity contribution in [3.8, 4) is 0 Å². The van der Waals surface area contributed by atoms with Gasteiger partial charge in [0.15, 0.2) is 9.84 Å². The first-order valence-electron chi connectivity index (χ1n) is 7.42. The van der Waals surface area contributed by atoms with Gasteiger partial charge in [0.25, 0.3) is 0 Å². The van der Waals surface area contributed by atoms with Crippen molar-refractivity contribution in [3.63, 3.8) is 0 Å². The van der Waals surface area contributed by atoms with E-state index in [2.05, 4.69) is 11.8 Å². The molecule has 6 heteroatoms. The molecule has 1 saturated heterocycles. The summed E-state index contributed by atoms with van der Waals surface area (Å²) >= 11 is 0. The highest BCUT2D eigenvalue weighted by atomic mass is 32.2. The molecule has 5 nitrogen and oxygen atoms in total. The lowest BCUT2D eigenvalue weighted by Crippen LogP contribution is -2.53. The van der Waals surface area contributed by atoms with E-state index in [1.165, 1.54) is 0 Å². The largest absolute Gasteiger partial charge is 0.481 e. The zero-order chi connectivity index (χ0) is 15.0. The standard InChI is InChI=1S/C14H25NO4S/c1-11-3-5-14(6-4-11,13(16)17)10-15-7-8-20(18,19)9-12(15)2/h11-12H,3-10H2,1-2H3,(H,16,17). The highest BCUT2D eigenvalue weighted by molar-refractivity contribution is 7.91. The molecule has 2 fully saturated rings. The van der Waals surface area contributed by atoms with E-state index < -0.39 is 21.2 Å². The average molecular weight is 303 g/mol. The van der Waals surface area contributed by atoms with Gasteiger partial charge < -0.3 is 5.11 Å². The topological polar surface area (TPSA) is 74.7 Å². The van der Waals surface area contributed by atoms with Crippen LogP contribution in [0.3, 0.4) is 0 Å². The Morgan fingerprint density at radius 3 is 2.40 bits per heavy atom. The van der Waals surface area contributed by atoms with E-state index in [9.17, 15) is 18.3 Å². The second-order valence-electron chi connectivity index (χ2n) is 6.70. The average Bonchev–Trinajstić information content (AvgIpc) is 2.35. The highest BCUT2D eigenvalue weighted by Gasteiger charge is 2.44. The van der Waals surface area contributed by atoms with Crippen LogP contribution in [0, 0.1) is 11.3 Å². The lowest BCUT2D eigenvalue weighted by Gasteiger charge is -2.42. The lowest BCUT2D eigenvalue weighted by molar-refractivity contribution is -0.153. The summed E-state index contributed by atoms with van der Waals surface area (Å²) in [6.45, 7) is 5.01. The molecular formula is C14H25NO4S. The molecule has 1 saturated carbocycles. The van der Waals surface area contributed by atoms with Crippen molar-refractivity contribution < 1.29 is 18.3 Å². The monoisotopic (exact) mass is 303 g/mol. The Balaban J connectivity index is 2.08. The second kappa shape index (κ2) is 5.64. The van der Waals surface area contributed by atoms with Crippen LogP contribution in [0.5, 0.6) is 0 Å². The number of rotatable bonds is 3. The number of carboxylic acids is 1. The molecule has 0 aromatic carbocycles. The minimum absolute atomic E-state index is 0.0793. The van der Waals surface area contributed by atoms with Crippen molar-refractivity contribution in [2.24, 2.45) is 11.3 Å². The van der Waals surface area contributed by atoms with Crippen LogP contribution < -0.4 is 0 Å². The zero-order valence-electron chi connectivity index (χ0n) is 12.3. The fourth-order valence-electron chi connectivity index (χ4n) is 3.41. The third kappa shape index (κ3) is 3.34. The van der Waals surface area contributed by atoms with Gasteiger partial charge in [-0.3, -0.25) is 9.69 Å². The summed E-state index contributed by atoms with van der Waals surface area (Å²) in [4.78, 5) is 13.8. The Kier molecular flexibility index (Phi) is 4.44. The predicted molar refractivity (Wildman–Crippen MR) is 77.4 cm³/mol. The lowest BCUT2D eigenvalue weighted by atomic mass is 9.70. The summed E-state index contributed by atoms with van der Waals surface area (Å²) in [5.41, 5.74) is -0.679. The maximum absolute atomic E-state index is 11.7. The summed E-state index contributed by atoms with van der Waals surface area (Å²) in [6, 6.07) is -0.0793. The normalized spacial score (nSPS) is 38.5. The van der Waals surface area contributed by atoms with E-state index in [4.69, 9.17) is 0 Å². The van der Waals surface area contributed by atoms with E-state index in [0.29, 0.717) is 31.8 Å². The zero-order valence-corrected chi connectivity index (χ0v) is 13.2. The van der Waals surface area contributed by atoms with Gasteiger partial charge in [-0.15, -0.1) is 0 Å². The summed E-state index contributed by atoms with van der Waals surface area (Å²) < 4.78 is 23.2. The van der Waals surface area contributed by atoms with Crippen molar-refractivity contribution in [1.82, 2.24) is 4.90 Å². The van der Waals surface area contributed by atoms with Crippen LogP contribution in [0.2, 0.25) is 0 Å². The molecule has 0 aromatic heterocycles. The number of aliphatic carboxylic acids is 1. The van der Waals surface area contributed by atoms with Gasteiger partial charge in [-0.1, -0.05) is 6.92 Å². The summed E-state index contributed by atoms with van der Waals surface area (Å²) in [7, 11) is -2.94. The smallest absolute Gasteiger partial charge is 0.310 e. The van der Waals surface area contributed by atoms with Gasteiger partial charge in [0, 0.05) is 19.1 Å². The number of hydrogen-bond acceptors (Lipinski definition) is 4. The summed E-state index contributed by atoms with van der Waals surface area (Å²) in [5, 5.41) is 9.65. The molecule has 1 heterocycles. The molecule has 1 aliphatic carbocycles. The van der Waals surface area contributed by atoms with Crippen LogP contribution in [-0.2, 0) is 14.6 Å². The van der Waals surface area contributed by atoms with E-state index in [-0.39, 0.29) is 17.5 Å². The summed E-state index contributed by atoms with van der Waals surface area (Å²) in [5.74, 6) is 0.189. The van der Waals surface area contributed by atoms with Crippen molar-refractivity contribution >= 4 is 15.8 Å². The first-order valence-corrected chi connectivity index (χ1v) is 9.24. The Morgan fingerprint density at radius 1 is 1.30 bits per heavy atom. The van der Waals surface area contributed by atoms with Crippen molar-refractivity contribution in [3.05, 3.63) is 0 Å². The quantitative estimate of drug-likeness (QED) is 0.852. The first kappa shape index (κ1) is 15.8. The molecule has 0 bridgehead atoms. The third-order valence-corrected chi connectivity index (χ3v) is 6.79. The van der Waals surface area contributed by atoms with Crippen LogP contribution >= 0.6 is 0 Å². The molecule has 116 valence electrons. The molecule has 1 atom stereocenters. The minimum atomic E-state index is -2.94. The SMILES string of the molecule is CC1CCC(CN2CCS(=O)(=O)CC2C)(C(=O)O)CC1. The predicted octanol–water partition coefficient (Wildman–Crippen LogP) is 1.39. The maximum atomic E-state index is 11.7. The molecule has 1 unspecified atom stereocenters. The van der Waals surface area contributed by atoms with E-state index in [1.54, 1.807) is 0 Å².